The number of aryl methyl sites for hydroxylation is 1. The van der Waals surface area contributed by atoms with Crippen LogP contribution in [0.3, 0.4) is 0 Å². The number of unbranched alkanes of at least 4 members (excludes halogenated alkanes) is 2. The number of aromatic nitrogens is 1. The third-order valence-corrected chi connectivity index (χ3v) is 4.17. The van der Waals surface area contributed by atoms with E-state index in [1.54, 1.807) is 30.0 Å². The average Bonchev–Trinajstić information content (AvgIpc) is 2.99. The number of amides is 2. The summed E-state index contributed by atoms with van der Waals surface area (Å²) in [4.78, 5) is 26.6. The van der Waals surface area contributed by atoms with Crippen molar-refractivity contribution in [3.63, 3.8) is 0 Å². The number of carbonyl (C=O) groups is 2. The van der Waals surface area contributed by atoms with Gasteiger partial charge < -0.3 is 14.7 Å². The van der Waals surface area contributed by atoms with E-state index >= 15 is 0 Å². The second-order valence-electron chi connectivity index (χ2n) is 5.81. The summed E-state index contributed by atoms with van der Waals surface area (Å²) in [5, 5.41) is 6.39. The van der Waals surface area contributed by atoms with Crippen LogP contribution in [0.1, 0.15) is 42.3 Å². The molecule has 1 aromatic carbocycles. The molecule has 0 spiro atoms. The van der Waals surface area contributed by atoms with Gasteiger partial charge in [-0.3, -0.25) is 9.59 Å². The SMILES string of the molecule is CCCCCN(CC(=O)Nc1cc(C)on1)C(=O)c1ccc(Br)cc1. The Kier molecular flexibility index (Phi) is 7.18. The fraction of sp³-hybridized carbons (Fsp3) is 0.389. The molecule has 6 nitrogen and oxygen atoms in total. The number of rotatable bonds is 8. The molecule has 0 saturated heterocycles. The van der Waals surface area contributed by atoms with E-state index in [9.17, 15) is 9.59 Å². The van der Waals surface area contributed by atoms with Gasteiger partial charge in [-0.2, -0.15) is 0 Å². The van der Waals surface area contributed by atoms with Gasteiger partial charge in [0.15, 0.2) is 5.82 Å². The summed E-state index contributed by atoms with van der Waals surface area (Å²) in [6.45, 7) is 4.36. The molecule has 25 heavy (non-hydrogen) atoms. The molecule has 2 rings (SSSR count). The number of nitrogens with one attached hydrogen (secondary N) is 1. The van der Waals surface area contributed by atoms with Crippen molar-refractivity contribution in [3.05, 3.63) is 46.1 Å². The van der Waals surface area contributed by atoms with Crippen molar-refractivity contribution in [1.82, 2.24) is 10.1 Å². The van der Waals surface area contributed by atoms with Crippen molar-refractivity contribution in [2.24, 2.45) is 0 Å². The predicted octanol–water partition coefficient (Wildman–Crippen LogP) is 4.02. The largest absolute Gasteiger partial charge is 0.360 e. The Balaban J connectivity index is 2.04. The van der Waals surface area contributed by atoms with Crippen molar-refractivity contribution in [2.45, 2.75) is 33.1 Å². The van der Waals surface area contributed by atoms with Crippen LogP contribution in [0.4, 0.5) is 5.82 Å². The minimum atomic E-state index is -0.296. The van der Waals surface area contributed by atoms with Gasteiger partial charge in [-0.25, -0.2) is 0 Å². The molecule has 1 heterocycles. The highest BCUT2D eigenvalue weighted by Gasteiger charge is 2.19. The maximum atomic E-state index is 12.7. The molecule has 7 heteroatoms. The number of hydrogen-bond donors (Lipinski definition) is 1. The van der Waals surface area contributed by atoms with E-state index in [0.717, 1.165) is 23.7 Å². The van der Waals surface area contributed by atoms with Crippen LogP contribution in [0.25, 0.3) is 0 Å². The lowest BCUT2D eigenvalue weighted by Crippen LogP contribution is -2.38. The van der Waals surface area contributed by atoms with Crippen LogP contribution in [0.5, 0.6) is 0 Å². The van der Waals surface area contributed by atoms with Crippen LogP contribution in [-0.4, -0.2) is 35.0 Å². The highest BCUT2D eigenvalue weighted by molar-refractivity contribution is 9.10. The molecule has 0 aliphatic heterocycles. The number of carbonyl (C=O) groups excluding carboxylic acids is 2. The van der Waals surface area contributed by atoms with Crippen molar-refractivity contribution in [3.8, 4) is 0 Å². The summed E-state index contributed by atoms with van der Waals surface area (Å²) in [5.41, 5.74) is 0.560. The second-order valence-corrected chi connectivity index (χ2v) is 6.73. The first-order chi connectivity index (χ1) is 12.0. The van der Waals surface area contributed by atoms with Gasteiger partial charge in [0, 0.05) is 22.6 Å². The minimum Gasteiger partial charge on any atom is -0.360 e. The molecular weight excluding hydrogens is 386 g/mol. The van der Waals surface area contributed by atoms with Crippen molar-refractivity contribution >= 4 is 33.6 Å². The number of nitrogens with zero attached hydrogens (tertiary/aromatic N) is 2. The van der Waals surface area contributed by atoms with Gasteiger partial charge in [0.25, 0.3) is 5.91 Å². The molecule has 0 unspecified atom stereocenters. The van der Waals surface area contributed by atoms with Crippen LogP contribution in [0.15, 0.2) is 39.3 Å². The second kappa shape index (κ2) is 9.36. The van der Waals surface area contributed by atoms with Gasteiger partial charge in [0.05, 0.1) is 0 Å². The number of benzene rings is 1. The van der Waals surface area contributed by atoms with Gasteiger partial charge in [-0.15, -0.1) is 0 Å². The van der Waals surface area contributed by atoms with Crippen molar-refractivity contribution < 1.29 is 14.1 Å². The van der Waals surface area contributed by atoms with E-state index in [-0.39, 0.29) is 18.4 Å². The van der Waals surface area contributed by atoms with Gasteiger partial charge in [-0.05, 0) is 37.6 Å². The normalized spacial score (nSPS) is 10.5. The Labute approximate surface area is 155 Å². The topological polar surface area (TPSA) is 75.4 Å². The summed E-state index contributed by atoms with van der Waals surface area (Å²) in [6.07, 6.45) is 2.91. The lowest BCUT2D eigenvalue weighted by molar-refractivity contribution is -0.117. The molecule has 2 aromatic rings. The smallest absolute Gasteiger partial charge is 0.254 e. The predicted molar refractivity (Wildman–Crippen MR) is 99.4 cm³/mol. The third-order valence-electron chi connectivity index (χ3n) is 3.64. The molecule has 0 fully saturated rings. The van der Waals surface area contributed by atoms with Gasteiger partial charge in [-0.1, -0.05) is 40.9 Å². The molecule has 0 atom stereocenters. The van der Waals surface area contributed by atoms with Crippen LogP contribution in [0, 0.1) is 6.92 Å². The van der Waals surface area contributed by atoms with Crippen LogP contribution in [0.2, 0.25) is 0 Å². The number of anilines is 1. The lowest BCUT2D eigenvalue weighted by Gasteiger charge is -2.22. The highest BCUT2D eigenvalue weighted by Crippen LogP contribution is 2.13. The summed E-state index contributed by atoms with van der Waals surface area (Å²) in [6, 6.07) is 8.76. The first kappa shape index (κ1) is 19.2. The maximum absolute atomic E-state index is 12.7. The highest BCUT2D eigenvalue weighted by atomic mass is 79.9. The van der Waals surface area contributed by atoms with E-state index < -0.39 is 0 Å². The zero-order valence-corrected chi connectivity index (χ0v) is 16.0. The molecule has 2 amide bonds. The Morgan fingerprint density at radius 2 is 1.96 bits per heavy atom. The quantitative estimate of drug-likeness (QED) is 0.670. The van der Waals surface area contributed by atoms with E-state index in [4.69, 9.17) is 4.52 Å². The molecular formula is C18H22BrN3O3. The Morgan fingerprint density at radius 3 is 2.56 bits per heavy atom. The Morgan fingerprint density at radius 1 is 1.24 bits per heavy atom. The maximum Gasteiger partial charge on any atom is 0.254 e. The standard InChI is InChI=1S/C18H22BrN3O3/c1-3-4-5-10-22(18(24)14-6-8-15(19)9-7-14)12-17(23)20-16-11-13(2)25-21-16/h6-9,11H,3-5,10,12H2,1-2H3,(H,20,21,23). The number of halogens is 1. The van der Waals surface area contributed by atoms with Crippen molar-refractivity contribution in [2.75, 3.05) is 18.4 Å². The van der Waals surface area contributed by atoms with E-state index in [1.165, 1.54) is 0 Å². The fourth-order valence-corrected chi connectivity index (χ4v) is 2.63. The van der Waals surface area contributed by atoms with Crippen LogP contribution >= 0.6 is 15.9 Å². The van der Waals surface area contributed by atoms with Gasteiger partial charge in [0.2, 0.25) is 5.91 Å². The average molecular weight is 408 g/mol. The zero-order valence-electron chi connectivity index (χ0n) is 14.4. The van der Waals surface area contributed by atoms with Gasteiger partial charge in [0.1, 0.15) is 12.3 Å². The third kappa shape index (κ3) is 6.01. The first-order valence-electron chi connectivity index (χ1n) is 8.27. The van der Waals surface area contributed by atoms with E-state index in [2.05, 4.69) is 33.3 Å². The Hall–Kier alpha value is -2.15. The molecule has 0 radical (unpaired) electrons. The zero-order chi connectivity index (χ0) is 18.2. The van der Waals surface area contributed by atoms with Crippen molar-refractivity contribution in [1.29, 1.82) is 0 Å². The molecule has 0 aliphatic rings. The minimum absolute atomic E-state index is 0.0233. The molecule has 0 aliphatic carbocycles. The van der Waals surface area contributed by atoms with Crippen LogP contribution < -0.4 is 5.32 Å². The molecule has 0 saturated carbocycles. The van der Waals surface area contributed by atoms with Crippen LogP contribution in [-0.2, 0) is 4.79 Å². The molecule has 0 bridgehead atoms. The summed E-state index contributed by atoms with van der Waals surface area (Å²) in [5.74, 6) is 0.512. The number of hydrogen-bond acceptors (Lipinski definition) is 4. The first-order valence-corrected chi connectivity index (χ1v) is 9.07. The molecule has 134 valence electrons. The fourth-order valence-electron chi connectivity index (χ4n) is 2.36. The monoisotopic (exact) mass is 407 g/mol. The summed E-state index contributed by atoms with van der Waals surface area (Å²) < 4.78 is 5.83. The summed E-state index contributed by atoms with van der Waals surface area (Å²) >= 11 is 3.36. The van der Waals surface area contributed by atoms with E-state index in [0.29, 0.717) is 23.7 Å². The lowest BCUT2D eigenvalue weighted by atomic mass is 10.1. The van der Waals surface area contributed by atoms with Gasteiger partial charge >= 0.3 is 0 Å². The summed E-state index contributed by atoms with van der Waals surface area (Å²) in [7, 11) is 0. The Bertz CT molecular complexity index is 713. The molecule has 1 N–H and O–H groups in total. The molecule has 1 aromatic heterocycles. The van der Waals surface area contributed by atoms with E-state index in [1.807, 2.05) is 12.1 Å².